The molecular weight excluding hydrogens is 490 g/mol. The van der Waals surface area contributed by atoms with Crippen molar-refractivity contribution in [2.24, 2.45) is 0 Å². The maximum Gasteiger partial charge on any atom is 0.317 e. The van der Waals surface area contributed by atoms with Gasteiger partial charge in [-0.25, -0.2) is 0 Å². The Morgan fingerprint density at radius 3 is 2.85 bits per heavy atom. The van der Waals surface area contributed by atoms with Crippen LogP contribution in [0.15, 0.2) is 46.9 Å². The van der Waals surface area contributed by atoms with Crippen molar-refractivity contribution in [3.05, 3.63) is 58.2 Å². The van der Waals surface area contributed by atoms with Crippen LogP contribution < -0.4 is 4.74 Å². The minimum absolute atomic E-state index is 0.0237. The molecule has 1 atom stereocenters. The summed E-state index contributed by atoms with van der Waals surface area (Å²) in [5, 5.41) is 14.9. The number of ether oxygens (including phenoxy) is 2. The molecule has 174 valence electrons. The summed E-state index contributed by atoms with van der Waals surface area (Å²) >= 11 is 3.54. The molecule has 0 unspecified atom stereocenters. The fraction of sp³-hybridized carbons (Fsp3) is 0.375. The molecule has 2 aromatic carbocycles. The second-order valence-corrected chi connectivity index (χ2v) is 8.92. The molecule has 0 amide bonds. The molecule has 33 heavy (non-hydrogen) atoms. The second kappa shape index (κ2) is 10.4. The van der Waals surface area contributed by atoms with Crippen LogP contribution in [0.5, 0.6) is 5.75 Å². The van der Waals surface area contributed by atoms with E-state index in [0.717, 1.165) is 33.1 Å². The van der Waals surface area contributed by atoms with Gasteiger partial charge in [-0.1, -0.05) is 34.1 Å². The van der Waals surface area contributed by atoms with E-state index in [1.54, 1.807) is 6.92 Å². The first-order valence-electron chi connectivity index (χ1n) is 10.9. The Bertz CT molecular complexity index is 1160. The molecule has 0 radical (unpaired) electrons. The molecule has 1 aromatic heterocycles. The molecule has 8 nitrogen and oxygen atoms in total. The standard InChI is InChI=1S/C24H26BrN3O5/c1-2-32-24(31)11-16-5-3-4-6-22(16)33-15-21-19-12-17(25)7-8-20(19)26-28(21)18-9-10-27(13-18)14-23(29)30/h3-8,12,18H,2,9-11,13-15H2,1H3,(H,29,30)/t18-/m0/s1. The van der Waals surface area contributed by atoms with E-state index in [-0.39, 0.29) is 31.6 Å². The number of carboxylic acids is 1. The average Bonchev–Trinajstić information content (AvgIpc) is 3.37. The number of aromatic nitrogens is 2. The Morgan fingerprint density at radius 1 is 1.24 bits per heavy atom. The van der Waals surface area contributed by atoms with Crippen LogP contribution in [0.4, 0.5) is 0 Å². The summed E-state index contributed by atoms with van der Waals surface area (Å²) in [6.45, 7) is 3.74. The minimum atomic E-state index is -0.827. The first-order valence-corrected chi connectivity index (χ1v) is 11.7. The summed E-state index contributed by atoms with van der Waals surface area (Å²) in [7, 11) is 0. The lowest BCUT2D eigenvalue weighted by molar-refractivity contribution is -0.142. The van der Waals surface area contributed by atoms with Gasteiger partial charge in [0.1, 0.15) is 12.4 Å². The predicted octanol–water partition coefficient (Wildman–Crippen LogP) is 3.81. The van der Waals surface area contributed by atoms with Crippen molar-refractivity contribution in [2.45, 2.75) is 32.4 Å². The van der Waals surface area contributed by atoms with Crippen LogP contribution in [0.25, 0.3) is 10.9 Å². The first-order chi connectivity index (χ1) is 15.9. The molecule has 9 heteroatoms. The highest BCUT2D eigenvalue weighted by molar-refractivity contribution is 9.10. The van der Waals surface area contributed by atoms with Gasteiger partial charge in [0.05, 0.1) is 36.8 Å². The van der Waals surface area contributed by atoms with Crippen molar-refractivity contribution in [1.29, 1.82) is 0 Å². The predicted molar refractivity (Wildman–Crippen MR) is 126 cm³/mol. The van der Waals surface area contributed by atoms with Crippen LogP contribution >= 0.6 is 15.9 Å². The van der Waals surface area contributed by atoms with Crippen molar-refractivity contribution in [3.8, 4) is 5.75 Å². The summed E-state index contributed by atoms with van der Waals surface area (Å²) < 4.78 is 14.2. The molecule has 1 N–H and O–H groups in total. The molecule has 1 fully saturated rings. The van der Waals surface area contributed by atoms with Gasteiger partial charge in [0.15, 0.2) is 0 Å². The van der Waals surface area contributed by atoms with Gasteiger partial charge in [-0.05, 0) is 37.6 Å². The number of carboxylic acid groups (broad SMARTS) is 1. The zero-order valence-electron chi connectivity index (χ0n) is 18.4. The largest absolute Gasteiger partial charge is 0.487 e. The van der Waals surface area contributed by atoms with Gasteiger partial charge in [-0.15, -0.1) is 0 Å². The number of likely N-dealkylation sites (tertiary alicyclic amines) is 1. The van der Waals surface area contributed by atoms with E-state index in [9.17, 15) is 9.59 Å². The van der Waals surface area contributed by atoms with E-state index in [1.165, 1.54) is 0 Å². The van der Waals surface area contributed by atoms with Crippen LogP contribution in [0.3, 0.4) is 0 Å². The number of esters is 1. The Morgan fingerprint density at radius 2 is 2.06 bits per heavy atom. The third-order valence-electron chi connectivity index (χ3n) is 5.69. The summed E-state index contributed by atoms with van der Waals surface area (Å²) in [5.41, 5.74) is 2.54. The Hall–Kier alpha value is -2.91. The van der Waals surface area contributed by atoms with Gasteiger partial charge in [-0.2, -0.15) is 5.10 Å². The monoisotopic (exact) mass is 515 g/mol. The fourth-order valence-electron chi connectivity index (χ4n) is 4.22. The number of benzene rings is 2. The zero-order chi connectivity index (χ0) is 23.4. The third-order valence-corrected chi connectivity index (χ3v) is 6.18. The third kappa shape index (κ3) is 5.54. The molecule has 1 aliphatic heterocycles. The molecule has 4 rings (SSSR count). The van der Waals surface area contributed by atoms with E-state index < -0.39 is 5.97 Å². The summed E-state index contributed by atoms with van der Waals surface area (Å²) in [6.07, 6.45) is 0.956. The number of para-hydroxylation sites is 1. The molecule has 3 aromatic rings. The molecule has 0 bridgehead atoms. The fourth-order valence-corrected chi connectivity index (χ4v) is 4.58. The summed E-state index contributed by atoms with van der Waals surface area (Å²) in [4.78, 5) is 25.1. The lowest BCUT2D eigenvalue weighted by Gasteiger charge is -2.17. The average molecular weight is 516 g/mol. The Labute approximate surface area is 200 Å². The number of carbonyl (C=O) groups is 2. The summed E-state index contributed by atoms with van der Waals surface area (Å²) in [5.74, 6) is -0.496. The second-order valence-electron chi connectivity index (χ2n) is 8.00. The zero-order valence-corrected chi connectivity index (χ0v) is 20.0. The van der Waals surface area contributed by atoms with Crippen molar-refractivity contribution in [1.82, 2.24) is 14.7 Å². The van der Waals surface area contributed by atoms with E-state index in [1.807, 2.05) is 52.0 Å². The van der Waals surface area contributed by atoms with Crippen LogP contribution in [0.2, 0.25) is 0 Å². The number of fused-ring (bicyclic) bond motifs is 1. The van der Waals surface area contributed by atoms with E-state index in [4.69, 9.17) is 19.7 Å². The van der Waals surface area contributed by atoms with Gasteiger partial charge in [-0.3, -0.25) is 19.2 Å². The number of hydrogen-bond donors (Lipinski definition) is 1. The highest BCUT2D eigenvalue weighted by atomic mass is 79.9. The molecular formula is C24H26BrN3O5. The van der Waals surface area contributed by atoms with Crippen molar-refractivity contribution in [3.63, 3.8) is 0 Å². The topological polar surface area (TPSA) is 93.9 Å². The van der Waals surface area contributed by atoms with E-state index in [2.05, 4.69) is 15.9 Å². The van der Waals surface area contributed by atoms with E-state index in [0.29, 0.717) is 25.4 Å². The van der Waals surface area contributed by atoms with Crippen LogP contribution in [-0.4, -0.2) is 58.0 Å². The maximum absolute atomic E-state index is 12.0. The van der Waals surface area contributed by atoms with Gasteiger partial charge in [0.25, 0.3) is 0 Å². The van der Waals surface area contributed by atoms with Crippen LogP contribution in [0.1, 0.15) is 30.6 Å². The number of carbonyl (C=O) groups excluding carboxylic acids is 1. The molecule has 1 saturated heterocycles. The smallest absolute Gasteiger partial charge is 0.317 e. The van der Waals surface area contributed by atoms with Gasteiger partial charge in [0.2, 0.25) is 0 Å². The first kappa shape index (κ1) is 23.3. The van der Waals surface area contributed by atoms with Crippen molar-refractivity contribution in [2.75, 3.05) is 26.2 Å². The molecule has 0 saturated carbocycles. The number of rotatable bonds is 9. The lowest BCUT2D eigenvalue weighted by Crippen LogP contribution is -2.28. The maximum atomic E-state index is 12.0. The molecule has 0 aliphatic carbocycles. The molecule has 1 aliphatic rings. The lowest BCUT2D eigenvalue weighted by atomic mass is 10.1. The van der Waals surface area contributed by atoms with E-state index >= 15 is 0 Å². The number of hydrogen-bond acceptors (Lipinski definition) is 6. The number of nitrogens with zero attached hydrogens (tertiary/aromatic N) is 3. The van der Waals surface area contributed by atoms with Gasteiger partial charge < -0.3 is 14.6 Å². The molecule has 0 spiro atoms. The van der Waals surface area contributed by atoms with Crippen molar-refractivity contribution < 1.29 is 24.2 Å². The number of halogens is 1. The van der Waals surface area contributed by atoms with Gasteiger partial charge in [0, 0.05) is 28.5 Å². The summed E-state index contributed by atoms with van der Waals surface area (Å²) in [6, 6.07) is 13.4. The Kier molecular flexibility index (Phi) is 7.29. The highest BCUT2D eigenvalue weighted by Crippen LogP contribution is 2.30. The highest BCUT2D eigenvalue weighted by Gasteiger charge is 2.28. The Balaban J connectivity index is 1.60. The number of aliphatic carboxylic acids is 1. The quantitative estimate of drug-likeness (QED) is 0.433. The minimum Gasteiger partial charge on any atom is -0.487 e. The van der Waals surface area contributed by atoms with Gasteiger partial charge >= 0.3 is 11.9 Å². The SMILES string of the molecule is CCOC(=O)Cc1ccccc1OCc1c2cc(Br)ccc2nn1[C@H]1CCN(CC(=O)O)C1. The van der Waals surface area contributed by atoms with Crippen molar-refractivity contribution >= 4 is 38.8 Å². The molecule has 2 heterocycles. The van der Waals surface area contributed by atoms with Crippen LogP contribution in [-0.2, 0) is 27.4 Å². The van der Waals surface area contributed by atoms with Crippen LogP contribution in [0, 0.1) is 0 Å². The normalized spacial score (nSPS) is 16.2.